The maximum absolute atomic E-state index is 12.1. The molecule has 0 bridgehead atoms. The Morgan fingerprint density at radius 2 is 1.88 bits per heavy atom. The molecule has 2 N–H and O–H groups in total. The number of hydrogen-bond donors (Lipinski definition) is 2. The van der Waals surface area contributed by atoms with Crippen molar-refractivity contribution in [3.8, 4) is 0 Å². The molecular formula is C12H18N2O2S. The zero-order valence-corrected chi connectivity index (χ0v) is 11.0. The second-order valence-electron chi connectivity index (χ2n) is 4.20. The molecule has 0 aromatic heterocycles. The maximum atomic E-state index is 12.1. The number of hydrogen-bond acceptors (Lipinski definition) is 3. The van der Waals surface area contributed by atoms with Gasteiger partial charge in [0.25, 0.3) is 0 Å². The number of unbranched alkanes of at least 4 members (excludes halogenated alkanes) is 1. The van der Waals surface area contributed by atoms with Crippen LogP contribution in [0.25, 0.3) is 0 Å². The van der Waals surface area contributed by atoms with E-state index in [1.54, 1.807) is 0 Å². The Kier molecular flexibility index (Phi) is 4.81. The van der Waals surface area contributed by atoms with Gasteiger partial charge < -0.3 is 10.6 Å². The molecule has 0 saturated carbocycles. The molecule has 1 fully saturated rings. The fourth-order valence-corrected chi connectivity index (χ4v) is 2.08. The normalized spacial score (nSPS) is 19.3. The fourth-order valence-electron chi connectivity index (χ4n) is 1.89. The van der Waals surface area contributed by atoms with Gasteiger partial charge in [0.1, 0.15) is 5.41 Å². The van der Waals surface area contributed by atoms with Gasteiger partial charge in [0.05, 0.1) is 0 Å². The molecule has 1 aliphatic rings. The van der Waals surface area contributed by atoms with Crippen LogP contribution < -0.4 is 10.6 Å². The van der Waals surface area contributed by atoms with Crippen molar-refractivity contribution in [3.63, 3.8) is 0 Å². The topological polar surface area (TPSA) is 58.2 Å². The van der Waals surface area contributed by atoms with E-state index in [1.807, 2.05) is 26.0 Å². The Morgan fingerprint density at radius 3 is 2.35 bits per heavy atom. The molecule has 1 heterocycles. The third kappa shape index (κ3) is 2.91. The van der Waals surface area contributed by atoms with Gasteiger partial charge in [-0.3, -0.25) is 9.59 Å². The highest BCUT2D eigenvalue weighted by Gasteiger charge is 2.47. The second-order valence-corrected chi connectivity index (χ2v) is 4.60. The lowest BCUT2D eigenvalue weighted by molar-refractivity contribution is -0.144. The minimum atomic E-state index is -0.995. The average molecular weight is 254 g/mol. The molecule has 0 unspecified atom stereocenters. The van der Waals surface area contributed by atoms with Crippen molar-refractivity contribution in [2.45, 2.75) is 39.5 Å². The number of carbonyl (C=O) groups excluding carboxylic acids is 2. The van der Waals surface area contributed by atoms with Crippen LogP contribution in [-0.2, 0) is 9.59 Å². The van der Waals surface area contributed by atoms with Gasteiger partial charge in [0.2, 0.25) is 11.8 Å². The van der Waals surface area contributed by atoms with Crippen LogP contribution in [0, 0.1) is 5.41 Å². The molecule has 0 atom stereocenters. The second kappa shape index (κ2) is 5.91. The Bertz CT molecular complexity index is 344. The molecule has 1 saturated heterocycles. The van der Waals surface area contributed by atoms with Gasteiger partial charge in [-0.15, -0.1) is 0 Å². The van der Waals surface area contributed by atoms with Gasteiger partial charge in [-0.25, -0.2) is 0 Å². The average Bonchev–Trinajstić information content (AvgIpc) is 2.27. The number of amides is 2. The van der Waals surface area contributed by atoms with Crippen LogP contribution in [0.3, 0.4) is 0 Å². The smallest absolute Gasteiger partial charge is 0.242 e. The van der Waals surface area contributed by atoms with Crippen LogP contribution in [-0.4, -0.2) is 16.9 Å². The van der Waals surface area contributed by atoms with Crippen molar-refractivity contribution in [1.29, 1.82) is 0 Å². The van der Waals surface area contributed by atoms with Crippen molar-refractivity contribution in [1.82, 2.24) is 10.6 Å². The highest BCUT2D eigenvalue weighted by molar-refractivity contribution is 7.80. The molecule has 4 nitrogen and oxygen atoms in total. The van der Waals surface area contributed by atoms with Crippen molar-refractivity contribution < 1.29 is 9.59 Å². The molecule has 0 aromatic carbocycles. The largest absolute Gasteiger partial charge is 0.302 e. The minimum Gasteiger partial charge on any atom is -0.302 e. The minimum absolute atomic E-state index is 0.104. The fraction of sp³-hybridized carbons (Fsp3) is 0.583. The summed E-state index contributed by atoms with van der Waals surface area (Å²) in [6, 6.07) is 0. The zero-order valence-electron chi connectivity index (χ0n) is 10.2. The number of nitrogens with one attached hydrogen (secondary N) is 2. The molecule has 1 rings (SSSR count). The van der Waals surface area contributed by atoms with E-state index in [0.29, 0.717) is 12.8 Å². The summed E-state index contributed by atoms with van der Waals surface area (Å²) in [4.78, 5) is 24.1. The summed E-state index contributed by atoms with van der Waals surface area (Å²) in [6.45, 7) is 3.91. The van der Waals surface area contributed by atoms with Crippen LogP contribution in [0.5, 0.6) is 0 Å². The van der Waals surface area contributed by atoms with E-state index >= 15 is 0 Å². The number of thiocarbonyl (C=S) groups is 1. The Labute approximate surface area is 107 Å². The van der Waals surface area contributed by atoms with Gasteiger partial charge in [0.15, 0.2) is 5.11 Å². The van der Waals surface area contributed by atoms with Crippen molar-refractivity contribution in [3.05, 3.63) is 12.2 Å². The molecule has 94 valence electrons. The molecule has 1 aliphatic heterocycles. The van der Waals surface area contributed by atoms with Crippen LogP contribution in [0.2, 0.25) is 0 Å². The van der Waals surface area contributed by atoms with E-state index in [-0.39, 0.29) is 16.9 Å². The van der Waals surface area contributed by atoms with E-state index < -0.39 is 5.41 Å². The highest BCUT2D eigenvalue weighted by atomic mass is 32.1. The SMILES string of the molecule is CC=CCC1(CCCC)C(=O)NC(=S)NC1=O. The summed E-state index contributed by atoms with van der Waals surface area (Å²) in [5.74, 6) is -0.560. The first-order chi connectivity index (χ1) is 8.06. The summed E-state index contributed by atoms with van der Waals surface area (Å²) >= 11 is 4.81. The predicted octanol–water partition coefficient (Wildman–Crippen LogP) is 1.66. The van der Waals surface area contributed by atoms with Gasteiger partial charge in [-0.1, -0.05) is 31.9 Å². The standard InChI is InChI=1S/C12H18N2O2S/c1-3-5-7-12(8-6-4-2)9(15)13-11(17)14-10(12)16/h3,5H,4,6-8H2,1-2H3,(H2,13,14,15,16,17). The molecule has 0 aliphatic carbocycles. The Morgan fingerprint density at radius 1 is 1.29 bits per heavy atom. The summed E-state index contributed by atoms with van der Waals surface area (Å²) in [7, 11) is 0. The maximum Gasteiger partial charge on any atom is 0.242 e. The predicted molar refractivity (Wildman–Crippen MR) is 70.3 cm³/mol. The first-order valence-electron chi connectivity index (χ1n) is 5.85. The van der Waals surface area contributed by atoms with Crippen LogP contribution >= 0.6 is 12.2 Å². The van der Waals surface area contributed by atoms with E-state index in [0.717, 1.165) is 12.8 Å². The van der Waals surface area contributed by atoms with Crippen LogP contribution in [0.1, 0.15) is 39.5 Å². The van der Waals surface area contributed by atoms with E-state index in [1.165, 1.54) is 0 Å². The van der Waals surface area contributed by atoms with E-state index in [2.05, 4.69) is 10.6 Å². The molecule has 2 amide bonds. The lowest BCUT2D eigenvalue weighted by Gasteiger charge is -2.34. The van der Waals surface area contributed by atoms with E-state index in [4.69, 9.17) is 12.2 Å². The van der Waals surface area contributed by atoms with Crippen molar-refractivity contribution >= 4 is 29.1 Å². The molecule has 0 spiro atoms. The summed E-state index contributed by atoms with van der Waals surface area (Å²) in [5, 5.41) is 5.19. The molecule has 0 radical (unpaired) electrons. The van der Waals surface area contributed by atoms with Gasteiger partial charge >= 0.3 is 0 Å². The summed E-state index contributed by atoms with van der Waals surface area (Å²) in [6.07, 6.45) is 6.45. The summed E-state index contributed by atoms with van der Waals surface area (Å²) in [5.41, 5.74) is -0.995. The molecule has 0 aromatic rings. The zero-order chi connectivity index (χ0) is 12.9. The Balaban J connectivity index is 2.97. The van der Waals surface area contributed by atoms with E-state index in [9.17, 15) is 9.59 Å². The lowest BCUT2D eigenvalue weighted by atomic mass is 9.76. The van der Waals surface area contributed by atoms with Crippen molar-refractivity contribution in [2.24, 2.45) is 5.41 Å². The third-order valence-electron chi connectivity index (χ3n) is 2.98. The molecule has 5 heteroatoms. The lowest BCUT2D eigenvalue weighted by Crippen LogP contribution is -2.62. The monoisotopic (exact) mass is 254 g/mol. The molecule has 17 heavy (non-hydrogen) atoms. The summed E-state index contributed by atoms with van der Waals surface area (Å²) < 4.78 is 0. The molecular weight excluding hydrogens is 236 g/mol. The Hall–Kier alpha value is -1.23. The highest BCUT2D eigenvalue weighted by Crippen LogP contribution is 2.32. The van der Waals surface area contributed by atoms with Gasteiger partial charge in [0, 0.05) is 0 Å². The quantitative estimate of drug-likeness (QED) is 0.445. The third-order valence-corrected chi connectivity index (χ3v) is 3.19. The first kappa shape index (κ1) is 13.8. The van der Waals surface area contributed by atoms with Crippen LogP contribution in [0.4, 0.5) is 0 Å². The number of rotatable bonds is 5. The number of carbonyl (C=O) groups is 2. The number of allylic oxidation sites excluding steroid dienone is 2. The van der Waals surface area contributed by atoms with Crippen molar-refractivity contribution in [2.75, 3.05) is 0 Å². The first-order valence-corrected chi connectivity index (χ1v) is 6.25. The van der Waals surface area contributed by atoms with Crippen LogP contribution in [0.15, 0.2) is 12.2 Å². The van der Waals surface area contributed by atoms with Gasteiger partial charge in [-0.05, 0) is 32.0 Å². The van der Waals surface area contributed by atoms with Gasteiger partial charge in [-0.2, -0.15) is 0 Å².